The summed E-state index contributed by atoms with van der Waals surface area (Å²) in [6.45, 7) is 6.48. The van der Waals surface area contributed by atoms with Crippen molar-refractivity contribution < 1.29 is 24.5 Å². The summed E-state index contributed by atoms with van der Waals surface area (Å²) in [4.78, 5) is 26.1. The molecule has 3 unspecified atom stereocenters. The third kappa shape index (κ3) is 45.0. The Balaban J connectivity index is 4.27. The van der Waals surface area contributed by atoms with Crippen molar-refractivity contribution in [3.63, 3.8) is 0 Å². The maximum Gasteiger partial charge on any atom is 0.306 e. The molecule has 362 valence electrons. The summed E-state index contributed by atoms with van der Waals surface area (Å²) >= 11 is 0. The smallest absolute Gasteiger partial charge is 0.306 e. The van der Waals surface area contributed by atoms with E-state index in [2.05, 4.69) is 38.2 Å². The second-order valence-electron chi connectivity index (χ2n) is 19.0. The molecule has 0 aromatic rings. The van der Waals surface area contributed by atoms with Crippen molar-refractivity contribution in [1.29, 1.82) is 0 Å². The van der Waals surface area contributed by atoms with Crippen LogP contribution in [-0.2, 0) is 14.3 Å². The van der Waals surface area contributed by atoms with E-state index in [1.165, 1.54) is 212 Å². The van der Waals surface area contributed by atoms with Crippen LogP contribution in [0.25, 0.3) is 0 Å². The summed E-state index contributed by atoms with van der Waals surface area (Å²) in [6, 6.07) is -0.694. The molecule has 0 bridgehead atoms. The van der Waals surface area contributed by atoms with Crippen LogP contribution in [0.5, 0.6) is 0 Å². The lowest BCUT2D eigenvalue weighted by atomic mass is 10.0. The maximum atomic E-state index is 13.2. The summed E-state index contributed by atoms with van der Waals surface area (Å²) in [6.07, 6.45) is 55.8. The van der Waals surface area contributed by atoms with E-state index in [9.17, 15) is 19.8 Å². The molecule has 0 saturated carbocycles. The monoisotopic (exact) mass is 862 g/mol. The van der Waals surface area contributed by atoms with Crippen molar-refractivity contribution in [2.24, 2.45) is 0 Å². The number of hydrogen-bond donors (Lipinski definition) is 3. The van der Waals surface area contributed by atoms with Crippen LogP contribution in [0.1, 0.15) is 303 Å². The van der Waals surface area contributed by atoms with Crippen molar-refractivity contribution in [2.45, 2.75) is 322 Å². The van der Waals surface area contributed by atoms with Crippen LogP contribution in [0.15, 0.2) is 12.2 Å². The number of carbonyl (C=O) groups is 2. The first-order valence-electron chi connectivity index (χ1n) is 27.4. The molecule has 0 spiro atoms. The second-order valence-corrected chi connectivity index (χ2v) is 19.0. The summed E-state index contributed by atoms with van der Waals surface area (Å²) in [7, 11) is 0. The van der Waals surface area contributed by atoms with Crippen molar-refractivity contribution in [3.05, 3.63) is 12.2 Å². The largest absolute Gasteiger partial charge is 0.462 e. The SMILES string of the molecule is CCCCCCCC/C=C/CCCCCCCCCCCC(=O)OC(CCCCCCCCC)CC(=O)NC(CO)C(O)CCCCCCCCCCCCCCCCCC. The zero-order chi connectivity index (χ0) is 44.5. The number of aliphatic hydroxyl groups excluding tert-OH is 2. The number of aliphatic hydroxyl groups is 2. The molecule has 0 aliphatic rings. The van der Waals surface area contributed by atoms with Crippen LogP contribution < -0.4 is 5.32 Å². The van der Waals surface area contributed by atoms with Gasteiger partial charge in [0, 0.05) is 6.42 Å². The van der Waals surface area contributed by atoms with Gasteiger partial charge in [-0.05, 0) is 51.4 Å². The van der Waals surface area contributed by atoms with Crippen LogP contribution in [0.4, 0.5) is 0 Å². The average molecular weight is 862 g/mol. The quantitative estimate of drug-likeness (QED) is 0.0322. The summed E-state index contributed by atoms with van der Waals surface area (Å²) < 4.78 is 5.91. The van der Waals surface area contributed by atoms with Gasteiger partial charge in [-0.3, -0.25) is 9.59 Å². The topological polar surface area (TPSA) is 95.9 Å². The van der Waals surface area contributed by atoms with Gasteiger partial charge in [0.2, 0.25) is 5.91 Å². The number of rotatable bonds is 50. The molecule has 0 aliphatic heterocycles. The van der Waals surface area contributed by atoms with Crippen LogP contribution in [0, 0.1) is 0 Å². The number of carbonyl (C=O) groups excluding carboxylic acids is 2. The Labute approximate surface area is 380 Å². The highest BCUT2D eigenvalue weighted by Gasteiger charge is 2.24. The Bertz CT molecular complexity index is 924. The second kappa shape index (κ2) is 49.6. The average Bonchev–Trinajstić information content (AvgIpc) is 3.25. The molecule has 1 amide bonds. The molecule has 3 N–H and O–H groups in total. The lowest BCUT2D eigenvalue weighted by Gasteiger charge is -2.24. The van der Waals surface area contributed by atoms with Crippen molar-refractivity contribution >= 4 is 11.9 Å². The normalized spacial score (nSPS) is 13.2. The molecule has 6 nitrogen and oxygen atoms in total. The molecule has 0 aliphatic carbocycles. The van der Waals surface area contributed by atoms with Gasteiger partial charge in [-0.15, -0.1) is 0 Å². The van der Waals surface area contributed by atoms with E-state index in [1.54, 1.807) is 0 Å². The summed E-state index contributed by atoms with van der Waals surface area (Å²) in [5, 5.41) is 23.8. The number of unbranched alkanes of at least 4 members (excludes halogenated alkanes) is 36. The Morgan fingerprint density at radius 2 is 0.787 bits per heavy atom. The Morgan fingerprint density at radius 1 is 0.459 bits per heavy atom. The van der Waals surface area contributed by atoms with E-state index in [1.807, 2.05) is 0 Å². The molecule has 0 radical (unpaired) electrons. The minimum Gasteiger partial charge on any atom is -0.462 e. The Morgan fingerprint density at radius 3 is 1.16 bits per heavy atom. The number of ether oxygens (including phenoxy) is 1. The minimum absolute atomic E-state index is 0.0827. The molecular formula is C55H107NO5. The minimum atomic E-state index is -0.781. The Hall–Kier alpha value is -1.40. The van der Waals surface area contributed by atoms with Gasteiger partial charge in [-0.1, -0.05) is 251 Å². The highest BCUT2D eigenvalue weighted by molar-refractivity contribution is 5.77. The molecule has 61 heavy (non-hydrogen) atoms. The first kappa shape index (κ1) is 59.6. The van der Waals surface area contributed by atoms with Crippen molar-refractivity contribution in [3.8, 4) is 0 Å². The fraction of sp³-hybridized carbons (Fsp3) is 0.927. The number of allylic oxidation sites excluding steroid dienone is 2. The third-order valence-electron chi connectivity index (χ3n) is 12.8. The number of nitrogens with one attached hydrogen (secondary N) is 1. The molecule has 6 heteroatoms. The van der Waals surface area contributed by atoms with Gasteiger partial charge in [0.15, 0.2) is 0 Å². The Kier molecular flexibility index (Phi) is 48.5. The first-order valence-corrected chi connectivity index (χ1v) is 27.4. The van der Waals surface area contributed by atoms with Crippen LogP contribution in [0.3, 0.4) is 0 Å². The third-order valence-corrected chi connectivity index (χ3v) is 12.8. The van der Waals surface area contributed by atoms with Crippen molar-refractivity contribution in [1.82, 2.24) is 5.32 Å². The first-order chi connectivity index (χ1) is 30.0. The van der Waals surface area contributed by atoms with Crippen molar-refractivity contribution in [2.75, 3.05) is 6.61 Å². The van der Waals surface area contributed by atoms with Gasteiger partial charge >= 0.3 is 5.97 Å². The lowest BCUT2D eigenvalue weighted by Crippen LogP contribution is -2.46. The molecule has 3 atom stereocenters. The maximum absolute atomic E-state index is 13.2. The van der Waals surface area contributed by atoms with Gasteiger partial charge in [0.25, 0.3) is 0 Å². The van der Waals surface area contributed by atoms with Gasteiger partial charge in [0.05, 0.1) is 25.2 Å². The van der Waals surface area contributed by atoms with E-state index >= 15 is 0 Å². The molecule has 0 rings (SSSR count). The van der Waals surface area contributed by atoms with E-state index in [0.717, 1.165) is 44.9 Å². The highest BCUT2D eigenvalue weighted by atomic mass is 16.5. The molecule has 0 heterocycles. The van der Waals surface area contributed by atoms with Gasteiger partial charge in [0.1, 0.15) is 6.10 Å². The van der Waals surface area contributed by atoms with E-state index in [4.69, 9.17) is 4.74 Å². The van der Waals surface area contributed by atoms with E-state index < -0.39 is 18.2 Å². The number of amides is 1. The fourth-order valence-electron chi connectivity index (χ4n) is 8.66. The van der Waals surface area contributed by atoms with E-state index in [-0.39, 0.29) is 24.9 Å². The number of hydrogen-bond acceptors (Lipinski definition) is 5. The molecule has 0 fully saturated rings. The molecular weight excluding hydrogens is 755 g/mol. The van der Waals surface area contributed by atoms with E-state index in [0.29, 0.717) is 19.3 Å². The predicted molar refractivity (Wildman–Crippen MR) is 264 cm³/mol. The standard InChI is InChI=1S/C55H107NO5/c1-4-7-10-13-16-18-20-22-24-26-27-28-30-32-34-36-39-42-45-48-55(60)61-51(46-43-40-37-15-12-9-6-3)49-54(59)56-52(50-57)53(58)47-44-41-38-35-33-31-29-25-23-21-19-17-14-11-8-5-2/h22,24,51-53,57-58H,4-21,23,25-50H2,1-3H3,(H,56,59)/b24-22+. The highest BCUT2D eigenvalue weighted by Crippen LogP contribution is 2.18. The number of esters is 1. The summed E-state index contributed by atoms with van der Waals surface area (Å²) in [5.41, 5.74) is 0. The predicted octanol–water partition coefficient (Wildman–Crippen LogP) is 16.5. The zero-order valence-corrected chi connectivity index (χ0v) is 41.3. The van der Waals surface area contributed by atoms with Gasteiger partial charge < -0.3 is 20.3 Å². The molecule has 0 aromatic carbocycles. The summed E-state index contributed by atoms with van der Waals surface area (Å²) in [5.74, 6) is -0.463. The fourth-order valence-corrected chi connectivity index (χ4v) is 8.66. The van der Waals surface area contributed by atoms with Crippen LogP contribution in [-0.4, -0.2) is 46.9 Å². The lowest BCUT2D eigenvalue weighted by molar-refractivity contribution is -0.151. The van der Waals surface area contributed by atoms with Gasteiger partial charge in [-0.25, -0.2) is 0 Å². The van der Waals surface area contributed by atoms with Crippen LogP contribution >= 0.6 is 0 Å². The van der Waals surface area contributed by atoms with Crippen LogP contribution in [0.2, 0.25) is 0 Å². The van der Waals surface area contributed by atoms with Gasteiger partial charge in [-0.2, -0.15) is 0 Å². The zero-order valence-electron chi connectivity index (χ0n) is 41.3. The molecule has 0 aromatic heterocycles. The molecule has 0 saturated heterocycles.